The first-order valence-corrected chi connectivity index (χ1v) is 13.3. The van der Waals surface area contributed by atoms with E-state index in [0.29, 0.717) is 22.0 Å². The van der Waals surface area contributed by atoms with Crippen LogP contribution in [0.3, 0.4) is 0 Å². The van der Waals surface area contributed by atoms with Crippen molar-refractivity contribution in [2.45, 2.75) is 6.54 Å². The molecule has 1 fully saturated rings. The fourth-order valence-electron chi connectivity index (χ4n) is 3.21. The molecule has 1 heterocycles. The molecule has 1 aliphatic heterocycles. The molecule has 0 aromatic heterocycles. The van der Waals surface area contributed by atoms with E-state index >= 15 is 0 Å². The molecular weight excluding hydrogens is 667 g/mol. The molecule has 1 saturated heterocycles. The third-order valence-corrected chi connectivity index (χ3v) is 7.34. The minimum atomic E-state index is -0.384. The van der Waals surface area contributed by atoms with Crippen molar-refractivity contribution < 1.29 is 19.1 Å². The van der Waals surface area contributed by atoms with Crippen molar-refractivity contribution in [3.05, 3.63) is 95.8 Å². The van der Waals surface area contributed by atoms with Gasteiger partial charge in [0.25, 0.3) is 17.1 Å². The lowest BCUT2D eigenvalue weighted by Crippen LogP contribution is -2.27. The first-order chi connectivity index (χ1) is 16.8. The Morgan fingerprint density at radius 1 is 1.11 bits per heavy atom. The number of para-hydroxylation sites is 1. The lowest BCUT2D eigenvalue weighted by atomic mass is 10.1. The fraction of sp³-hybridized carbons (Fsp3) is 0.0800. The zero-order chi connectivity index (χ0) is 24.9. The van der Waals surface area contributed by atoms with Gasteiger partial charge in [0, 0.05) is 13.6 Å². The van der Waals surface area contributed by atoms with Crippen molar-refractivity contribution in [3.8, 4) is 5.75 Å². The Bertz CT molecular complexity index is 1330. The zero-order valence-corrected chi connectivity index (χ0v) is 23.3. The summed E-state index contributed by atoms with van der Waals surface area (Å²) in [6.45, 7) is -0.0645. The lowest BCUT2D eigenvalue weighted by Gasteiger charge is -2.13. The minimum absolute atomic E-state index is 0.197. The number of imide groups is 1. The van der Waals surface area contributed by atoms with Crippen LogP contribution in [0, 0.1) is 3.57 Å². The Labute approximate surface area is 233 Å². The first kappa shape index (κ1) is 25.7. The number of thioether (sulfide) groups is 1. The molecule has 0 bridgehead atoms. The second-order valence-corrected chi connectivity index (χ2v) is 11.0. The van der Waals surface area contributed by atoms with Crippen molar-refractivity contribution >= 4 is 90.7 Å². The van der Waals surface area contributed by atoms with E-state index in [2.05, 4.69) is 43.8 Å². The van der Waals surface area contributed by atoms with Crippen molar-refractivity contribution in [1.82, 2.24) is 4.90 Å². The van der Waals surface area contributed by atoms with Crippen molar-refractivity contribution in [1.29, 1.82) is 0 Å². The molecule has 178 valence electrons. The molecule has 0 radical (unpaired) electrons. The number of nitrogens with one attached hydrogen (secondary N) is 1. The van der Waals surface area contributed by atoms with Crippen LogP contribution in [0.4, 0.5) is 10.5 Å². The predicted molar refractivity (Wildman–Crippen MR) is 150 cm³/mol. The molecule has 0 aliphatic carbocycles. The van der Waals surface area contributed by atoms with Crippen LogP contribution in [0.15, 0.2) is 76.1 Å². The van der Waals surface area contributed by atoms with Gasteiger partial charge < -0.3 is 10.1 Å². The van der Waals surface area contributed by atoms with Gasteiger partial charge in [0.05, 0.1) is 22.2 Å². The molecule has 0 unspecified atom stereocenters. The van der Waals surface area contributed by atoms with E-state index < -0.39 is 0 Å². The van der Waals surface area contributed by atoms with Crippen molar-refractivity contribution in [2.24, 2.45) is 0 Å². The quantitative estimate of drug-likeness (QED) is 0.215. The minimum Gasteiger partial charge on any atom is -0.483 e. The second kappa shape index (κ2) is 11.6. The largest absolute Gasteiger partial charge is 0.483 e. The summed E-state index contributed by atoms with van der Waals surface area (Å²) in [4.78, 5) is 39.4. The summed E-state index contributed by atoms with van der Waals surface area (Å²) >= 11 is 12.6. The Morgan fingerprint density at radius 3 is 2.60 bits per heavy atom. The van der Waals surface area contributed by atoms with E-state index in [1.54, 1.807) is 48.5 Å². The Balaban J connectivity index is 1.48. The van der Waals surface area contributed by atoms with Gasteiger partial charge in [-0.25, -0.2) is 0 Å². The van der Waals surface area contributed by atoms with Crippen molar-refractivity contribution in [3.63, 3.8) is 0 Å². The van der Waals surface area contributed by atoms with Crippen molar-refractivity contribution in [2.75, 3.05) is 11.9 Å². The Hall–Kier alpha value is -2.34. The second-order valence-electron chi connectivity index (χ2n) is 7.39. The average molecular weight is 684 g/mol. The SMILES string of the molecule is O=C(COc1ccc(Br)cc1/C=C1\SC(=O)N(Cc2ccc(I)cc2)C1=O)Nc1ccccc1Cl. The highest BCUT2D eigenvalue weighted by atomic mass is 127. The van der Waals surface area contributed by atoms with Gasteiger partial charge in [0.1, 0.15) is 5.75 Å². The molecule has 3 aromatic carbocycles. The maximum Gasteiger partial charge on any atom is 0.293 e. The highest BCUT2D eigenvalue weighted by molar-refractivity contribution is 14.1. The molecule has 1 aliphatic rings. The van der Waals surface area contributed by atoms with Gasteiger partial charge in [-0.05, 0) is 88.5 Å². The number of ether oxygens (including phenoxy) is 1. The van der Waals surface area contributed by atoms with Crippen LogP contribution >= 0.6 is 61.9 Å². The van der Waals surface area contributed by atoms with Crippen LogP contribution in [-0.4, -0.2) is 28.6 Å². The molecule has 3 aromatic rings. The van der Waals surface area contributed by atoms with Crippen LogP contribution in [0.1, 0.15) is 11.1 Å². The summed E-state index contributed by atoms with van der Waals surface area (Å²) in [5.41, 5.74) is 1.91. The molecule has 3 amide bonds. The number of hydrogen-bond donors (Lipinski definition) is 1. The topological polar surface area (TPSA) is 75.7 Å². The summed E-state index contributed by atoms with van der Waals surface area (Å²) < 4.78 is 7.56. The van der Waals surface area contributed by atoms with Crippen LogP contribution in [0.5, 0.6) is 5.75 Å². The summed E-state index contributed by atoms with van der Waals surface area (Å²) in [7, 11) is 0. The van der Waals surface area contributed by atoms with Crippen LogP contribution < -0.4 is 10.1 Å². The van der Waals surface area contributed by atoms with E-state index in [4.69, 9.17) is 16.3 Å². The lowest BCUT2D eigenvalue weighted by molar-refractivity contribution is -0.123. The number of carbonyl (C=O) groups excluding carboxylic acids is 3. The Morgan fingerprint density at radius 2 is 1.86 bits per heavy atom. The summed E-state index contributed by atoms with van der Waals surface area (Å²) in [6, 6.07) is 19.8. The number of rotatable bonds is 7. The fourth-order valence-corrected chi connectivity index (χ4v) is 4.96. The summed E-state index contributed by atoms with van der Waals surface area (Å²) in [5, 5.41) is 2.78. The van der Waals surface area contributed by atoms with E-state index in [1.807, 2.05) is 24.3 Å². The van der Waals surface area contributed by atoms with Gasteiger partial charge in [-0.2, -0.15) is 0 Å². The molecule has 10 heteroatoms. The number of halogens is 3. The van der Waals surface area contributed by atoms with E-state index in [0.717, 1.165) is 25.4 Å². The molecule has 35 heavy (non-hydrogen) atoms. The molecule has 6 nitrogen and oxygen atoms in total. The normalized spacial score (nSPS) is 14.5. The highest BCUT2D eigenvalue weighted by Crippen LogP contribution is 2.35. The molecule has 1 N–H and O–H groups in total. The third kappa shape index (κ3) is 6.66. The van der Waals surface area contributed by atoms with Gasteiger partial charge in [-0.3, -0.25) is 19.3 Å². The van der Waals surface area contributed by atoms with Gasteiger partial charge in [0.15, 0.2) is 6.61 Å². The molecule has 0 spiro atoms. The molecule has 0 saturated carbocycles. The number of carbonyl (C=O) groups is 3. The zero-order valence-electron chi connectivity index (χ0n) is 18.0. The number of amides is 3. The summed E-state index contributed by atoms with van der Waals surface area (Å²) in [6.07, 6.45) is 1.60. The smallest absolute Gasteiger partial charge is 0.293 e. The van der Waals surface area contributed by atoms with Crippen LogP contribution in [0.25, 0.3) is 6.08 Å². The van der Waals surface area contributed by atoms with E-state index in [1.165, 1.54) is 4.90 Å². The Kier molecular flexibility index (Phi) is 8.53. The molecular formula is C25H17BrClIN2O4S. The number of nitrogens with zero attached hydrogens (tertiary/aromatic N) is 1. The number of anilines is 1. The maximum absolute atomic E-state index is 13.0. The monoisotopic (exact) mass is 682 g/mol. The first-order valence-electron chi connectivity index (χ1n) is 10.3. The molecule has 4 rings (SSSR count). The third-order valence-electron chi connectivity index (χ3n) is 4.89. The van der Waals surface area contributed by atoms with Gasteiger partial charge in [-0.1, -0.05) is 51.8 Å². The maximum atomic E-state index is 13.0. The number of hydrogen-bond acceptors (Lipinski definition) is 5. The summed E-state index contributed by atoms with van der Waals surface area (Å²) in [5.74, 6) is -0.363. The molecule has 0 atom stereocenters. The van der Waals surface area contributed by atoms with Gasteiger partial charge in [0.2, 0.25) is 0 Å². The van der Waals surface area contributed by atoms with Gasteiger partial charge >= 0.3 is 0 Å². The average Bonchev–Trinajstić information content (AvgIpc) is 3.09. The van der Waals surface area contributed by atoms with E-state index in [9.17, 15) is 14.4 Å². The van der Waals surface area contributed by atoms with Crippen LogP contribution in [0.2, 0.25) is 5.02 Å². The van der Waals surface area contributed by atoms with E-state index in [-0.39, 0.29) is 35.1 Å². The number of benzene rings is 3. The predicted octanol–water partition coefficient (Wildman–Crippen LogP) is 6.96. The highest BCUT2D eigenvalue weighted by Gasteiger charge is 2.35. The van der Waals surface area contributed by atoms with Gasteiger partial charge in [-0.15, -0.1) is 0 Å². The standard InChI is InChI=1S/C25H17BrClIN2O4S/c26-17-7-10-21(34-14-23(31)29-20-4-2-1-3-19(20)27)16(11-17)12-22-24(32)30(25(33)35-22)13-15-5-8-18(28)9-6-15/h1-12H,13-14H2,(H,29,31)/b22-12-. The van der Waals surface area contributed by atoms with Crippen LogP contribution in [-0.2, 0) is 16.1 Å².